The predicted octanol–water partition coefficient (Wildman–Crippen LogP) is 2.66. The minimum absolute atomic E-state index is 0.130. The molecule has 7 heteroatoms. The van der Waals surface area contributed by atoms with Gasteiger partial charge in [0.2, 0.25) is 0 Å². The van der Waals surface area contributed by atoms with E-state index < -0.39 is 12.1 Å². The number of hydrogen-bond acceptors (Lipinski definition) is 5. The largest absolute Gasteiger partial charge is 0.452 e. The number of hydrogen-bond donors (Lipinski definition) is 1. The molecule has 136 valence electrons. The zero-order chi connectivity index (χ0) is 18.2. The number of thiocarbonyl (C=S) groups is 1. The maximum atomic E-state index is 12.0. The van der Waals surface area contributed by atoms with Crippen molar-refractivity contribution in [2.45, 2.75) is 39.3 Å². The molecule has 1 saturated heterocycles. The Morgan fingerprint density at radius 1 is 1.28 bits per heavy atom. The Morgan fingerprint density at radius 2 is 1.92 bits per heavy atom. The van der Waals surface area contributed by atoms with E-state index in [0.29, 0.717) is 6.54 Å². The zero-order valence-corrected chi connectivity index (χ0v) is 16.3. The van der Waals surface area contributed by atoms with E-state index in [-0.39, 0.29) is 11.7 Å². The van der Waals surface area contributed by atoms with Crippen LogP contribution in [0.5, 0.6) is 0 Å². The Bertz CT molecular complexity index is 613. The molecule has 0 bridgehead atoms. The lowest BCUT2D eigenvalue weighted by atomic mass is 10.1. The van der Waals surface area contributed by atoms with Crippen LogP contribution in [0.2, 0.25) is 0 Å². The molecule has 1 amide bonds. The molecule has 0 unspecified atom stereocenters. The smallest absolute Gasteiger partial charge is 0.317 e. The molecule has 1 atom stereocenters. The number of ether oxygens (including phenoxy) is 1. The number of thioether (sulfide) groups is 1. The summed E-state index contributed by atoms with van der Waals surface area (Å²) >= 11 is 6.60. The summed E-state index contributed by atoms with van der Waals surface area (Å²) in [7, 11) is 0. The van der Waals surface area contributed by atoms with Crippen molar-refractivity contribution in [1.29, 1.82) is 0 Å². The minimum atomic E-state index is -0.820. The number of carbonyl (C=O) groups excluding carboxylic acids is 2. The quantitative estimate of drug-likeness (QED) is 0.605. The van der Waals surface area contributed by atoms with Crippen molar-refractivity contribution in [1.82, 2.24) is 10.2 Å². The van der Waals surface area contributed by atoms with Crippen LogP contribution in [0.25, 0.3) is 0 Å². The van der Waals surface area contributed by atoms with E-state index in [1.54, 1.807) is 6.92 Å². The summed E-state index contributed by atoms with van der Waals surface area (Å²) in [5, 5.41) is 2.78. The molecule has 25 heavy (non-hydrogen) atoms. The fraction of sp³-hybridized carbons (Fsp3) is 0.500. The third-order valence-corrected chi connectivity index (χ3v) is 5.44. The molecule has 1 aliphatic rings. The van der Waals surface area contributed by atoms with E-state index in [9.17, 15) is 9.59 Å². The van der Waals surface area contributed by atoms with Gasteiger partial charge in [-0.25, -0.2) is 0 Å². The number of esters is 1. The van der Waals surface area contributed by atoms with E-state index in [1.807, 2.05) is 31.2 Å². The average Bonchev–Trinajstić information content (AvgIpc) is 3.13. The van der Waals surface area contributed by atoms with Gasteiger partial charge in [0.25, 0.3) is 5.91 Å². The Kier molecular flexibility index (Phi) is 7.71. The molecule has 1 heterocycles. The molecule has 1 aromatic carbocycles. The standard InChI is InChI=1S/C18H24N2O3S2/c1-13-5-7-15(8-6-13)11-19-17(22)14(2)23-16(21)12-25-18(24)20-9-3-4-10-20/h5-8,14H,3-4,9-12H2,1-2H3,(H,19,22)/t14-/m0/s1. The second-order valence-corrected chi connectivity index (χ2v) is 7.69. The topological polar surface area (TPSA) is 58.6 Å². The molecule has 0 saturated carbocycles. The van der Waals surface area contributed by atoms with Crippen LogP contribution in [0.15, 0.2) is 24.3 Å². The first-order chi connectivity index (χ1) is 12.0. The molecule has 0 aromatic heterocycles. The van der Waals surface area contributed by atoms with Crippen LogP contribution < -0.4 is 5.32 Å². The number of rotatable bonds is 6. The monoisotopic (exact) mass is 380 g/mol. The first kappa shape index (κ1) is 19.7. The lowest BCUT2D eigenvalue weighted by Gasteiger charge is -2.18. The van der Waals surface area contributed by atoms with Gasteiger partial charge in [0.15, 0.2) is 6.10 Å². The third kappa shape index (κ3) is 6.66. The van der Waals surface area contributed by atoms with E-state index in [2.05, 4.69) is 10.2 Å². The van der Waals surface area contributed by atoms with Gasteiger partial charge in [-0.2, -0.15) is 0 Å². The van der Waals surface area contributed by atoms with Crippen molar-refractivity contribution in [3.8, 4) is 0 Å². The van der Waals surface area contributed by atoms with Crippen molar-refractivity contribution in [2.24, 2.45) is 0 Å². The number of aryl methyl sites for hydroxylation is 1. The van der Waals surface area contributed by atoms with Crippen molar-refractivity contribution >= 4 is 40.2 Å². The average molecular weight is 381 g/mol. The molecule has 5 nitrogen and oxygen atoms in total. The maximum absolute atomic E-state index is 12.0. The molecule has 2 rings (SSSR count). The highest BCUT2D eigenvalue weighted by Crippen LogP contribution is 2.16. The third-order valence-electron chi connectivity index (χ3n) is 3.94. The number of nitrogens with one attached hydrogen (secondary N) is 1. The maximum Gasteiger partial charge on any atom is 0.317 e. The van der Waals surface area contributed by atoms with Crippen LogP contribution in [0.3, 0.4) is 0 Å². The Labute approximate surface area is 158 Å². The minimum Gasteiger partial charge on any atom is -0.452 e. The van der Waals surface area contributed by atoms with Crippen LogP contribution in [-0.2, 0) is 20.9 Å². The number of nitrogens with zero attached hydrogens (tertiary/aromatic N) is 1. The Morgan fingerprint density at radius 3 is 2.56 bits per heavy atom. The lowest BCUT2D eigenvalue weighted by Crippen LogP contribution is -2.36. The summed E-state index contributed by atoms with van der Waals surface area (Å²) in [5.41, 5.74) is 2.17. The summed E-state index contributed by atoms with van der Waals surface area (Å²) in [6, 6.07) is 7.90. The highest BCUT2D eigenvalue weighted by Gasteiger charge is 2.20. The number of benzene rings is 1. The molecular formula is C18H24N2O3S2. The number of amides is 1. The van der Waals surface area contributed by atoms with Crippen LogP contribution in [0.4, 0.5) is 0 Å². The predicted molar refractivity (Wildman–Crippen MR) is 104 cm³/mol. The molecule has 1 aromatic rings. The van der Waals surface area contributed by atoms with E-state index >= 15 is 0 Å². The van der Waals surface area contributed by atoms with E-state index in [1.165, 1.54) is 17.3 Å². The summed E-state index contributed by atoms with van der Waals surface area (Å²) in [4.78, 5) is 26.0. The highest BCUT2D eigenvalue weighted by molar-refractivity contribution is 8.23. The summed E-state index contributed by atoms with van der Waals surface area (Å²) in [5.74, 6) is -0.601. The molecule has 0 spiro atoms. The fourth-order valence-corrected chi connectivity index (χ4v) is 3.47. The number of likely N-dealkylation sites (tertiary alicyclic amines) is 1. The first-order valence-corrected chi connectivity index (χ1v) is 9.79. The first-order valence-electron chi connectivity index (χ1n) is 8.40. The van der Waals surface area contributed by atoms with Gasteiger partial charge in [-0.15, -0.1) is 0 Å². The molecule has 1 aliphatic heterocycles. The van der Waals surface area contributed by atoms with Gasteiger partial charge in [-0.05, 0) is 32.3 Å². The van der Waals surface area contributed by atoms with Crippen LogP contribution >= 0.6 is 24.0 Å². The van der Waals surface area contributed by atoms with Crippen molar-refractivity contribution in [3.63, 3.8) is 0 Å². The van der Waals surface area contributed by atoms with E-state index in [4.69, 9.17) is 17.0 Å². The van der Waals surface area contributed by atoms with Gasteiger partial charge in [0.05, 0.1) is 5.75 Å². The van der Waals surface area contributed by atoms with Gasteiger partial charge in [0, 0.05) is 19.6 Å². The zero-order valence-electron chi connectivity index (χ0n) is 14.6. The van der Waals surface area contributed by atoms with Crippen molar-refractivity contribution in [2.75, 3.05) is 18.8 Å². The molecule has 0 aliphatic carbocycles. The summed E-state index contributed by atoms with van der Waals surface area (Å²) in [6.07, 6.45) is 1.46. The fourth-order valence-electron chi connectivity index (χ4n) is 2.44. The second-order valence-electron chi connectivity index (χ2n) is 6.08. The van der Waals surface area contributed by atoms with Crippen LogP contribution in [0.1, 0.15) is 30.9 Å². The van der Waals surface area contributed by atoms with Gasteiger partial charge in [-0.3, -0.25) is 9.59 Å². The Hall–Kier alpha value is -1.60. The lowest BCUT2D eigenvalue weighted by molar-refractivity contribution is -0.152. The molecular weight excluding hydrogens is 356 g/mol. The van der Waals surface area contributed by atoms with Gasteiger partial charge < -0.3 is 15.0 Å². The van der Waals surface area contributed by atoms with Gasteiger partial charge in [-0.1, -0.05) is 53.8 Å². The SMILES string of the molecule is Cc1ccc(CNC(=O)[C@H](C)OC(=O)CSC(=S)N2CCCC2)cc1. The molecule has 0 radical (unpaired) electrons. The number of carbonyl (C=O) groups is 2. The van der Waals surface area contributed by atoms with Gasteiger partial charge in [0.1, 0.15) is 4.32 Å². The van der Waals surface area contributed by atoms with Crippen molar-refractivity contribution < 1.29 is 14.3 Å². The second kappa shape index (κ2) is 9.77. The van der Waals surface area contributed by atoms with Crippen LogP contribution in [-0.4, -0.2) is 46.0 Å². The molecule has 1 fully saturated rings. The molecule has 1 N–H and O–H groups in total. The van der Waals surface area contributed by atoms with Crippen molar-refractivity contribution in [3.05, 3.63) is 35.4 Å². The summed E-state index contributed by atoms with van der Waals surface area (Å²) in [6.45, 7) is 5.91. The Balaban J connectivity index is 1.67. The van der Waals surface area contributed by atoms with Crippen LogP contribution in [0, 0.1) is 6.92 Å². The van der Waals surface area contributed by atoms with Gasteiger partial charge >= 0.3 is 5.97 Å². The van der Waals surface area contributed by atoms with E-state index in [0.717, 1.165) is 35.8 Å². The summed E-state index contributed by atoms with van der Waals surface area (Å²) < 4.78 is 5.91. The highest BCUT2D eigenvalue weighted by atomic mass is 32.2. The normalized spacial score (nSPS) is 14.9.